The summed E-state index contributed by atoms with van der Waals surface area (Å²) in [7, 11) is 0. The van der Waals surface area contributed by atoms with Gasteiger partial charge in [-0.15, -0.1) is 0 Å². The molecule has 160 valence electrons. The van der Waals surface area contributed by atoms with Crippen molar-refractivity contribution in [2.75, 3.05) is 13.2 Å². The molecule has 0 saturated heterocycles. The van der Waals surface area contributed by atoms with Crippen LogP contribution in [0.25, 0.3) is 0 Å². The van der Waals surface area contributed by atoms with Crippen molar-refractivity contribution in [3.05, 3.63) is 0 Å². The molecule has 8 atom stereocenters. The van der Waals surface area contributed by atoms with E-state index in [9.17, 15) is 24.6 Å². The number of carbonyl (C=O) groups is 3. The van der Waals surface area contributed by atoms with Gasteiger partial charge in [-0.1, -0.05) is 0 Å². The van der Waals surface area contributed by atoms with E-state index in [2.05, 4.69) is 5.32 Å². The molecular formula is C14H28N2O11. The van der Waals surface area contributed by atoms with Gasteiger partial charge in [0.1, 0.15) is 55.2 Å². The van der Waals surface area contributed by atoms with Crippen LogP contribution in [-0.4, -0.2) is 121 Å². The van der Waals surface area contributed by atoms with Crippen LogP contribution in [0.4, 0.5) is 0 Å². The summed E-state index contributed by atoms with van der Waals surface area (Å²) in [4.78, 5) is 31.1. The highest BCUT2D eigenvalue weighted by molar-refractivity contribution is 5.77. The molecule has 0 spiro atoms. The Balaban J connectivity index is 0. The van der Waals surface area contributed by atoms with Crippen LogP contribution in [0.15, 0.2) is 0 Å². The first-order valence-corrected chi connectivity index (χ1v) is 7.71. The topological polar surface area (TPSA) is 251 Å². The fraction of sp³-hybridized carbons (Fsp3) is 0.786. The van der Waals surface area contributed by atoms with Crippen LogP contribution in [0.1, 0.15) is 6.92 Å². The molecule has 0 aromatic heterocycles. The first-order chi connectivity index (χ1) is 12.5. The van der Waals surface area contributed by atoms with Gasteiger partial charge in [0.05, 0.1) is 19.3 Å². The van der Waals surface area contributed by atoms with Crippen LogP contribution >= 0.6 is 0 Å². The van der Waals surface area contributed by atoms with E-state index in [1.54, 1.807) is 0 Å². The van der Waals surface area contributed by atoms with E-state index in [0.29, 0.717) is 0 Å². The lowest BCUT2D eigenvalue weighted by Gasteiger charge is -2.25. The average molecular weight is 400 g/mol. The number of aldehydes is 2. The zero-order valence-corrected chi connectivity index (χ0v) is 14.6. The minimum Gasteiger partial charge on any atom is -0.394 e. The molecule has 0 fully saturated rings. The smallest absolute Gasteiger partial charge is 0.217 e. The van der Waals surface area contributed by atoms with Gasteiger partial charge in [0.25, 0.3) is 0 Å². The van der Waals surface area contributed by atoms with E-state index in [4.69, 9.17) is 36.4 Å². The lowest BCUT2D eigenvalue weighted by molar-refractivity contribution is -0.129. The minimum absolute atomic E-state index is 0.235. The Labute approximate surface area is 154 Å². The fourth-order valence-electron chi connectivity index (χ4n) is 1.63. The number of hydrogen-bond donors (Lipinski definition) is 10. The molecule has 0 radical (unpaired) electrons. The average Bonchev–Trinajstić information content (AvgIpc) is 2.67. The van der Waals surface area contributed by atoms with E-state index in [1.165, 1.54) is 0 Å². The SMILES string of the molecule is CC(=O)N[C@H](C=O)[C@@H](O)[C@H](O)[C@H](O)CO.N[C@@H](C=O)[C@@H](O)[C@H](O)[C@H](O)CO. The largest absolute Gasteiger partial charge is 0.394 e. The zero-order chi connectivity index (χ0) is 21.7. The van der Waals surface area contributed by atoms with Gasteiger partial charge in [-0.3, -0.25) is 4.79 Å². The molecule has 0 aliphatic heterocycles. The van der Waals surface area contributed by atoms with E-state index in [0.717, 1.165) is 6.92 Å². The number of aliphatic hydroxyl groups is 8. The number of rotatable bonds is 11. The number of nitrogens with two attached hydrogens (primary N) is 1. The van der Waals surface area contributed by atoms with Crippen molar-refractivity contribution in [1.82, 2.24) is 5.32 Å². The van der Waals surface area contributed by atoms with Crippen molar-refractivity contribution >= 4 is 18.5 Å². The number of hydrogen-bond acceptors (Lipinski definition) is 12. The lowest BCUT2D eigenvalue weighted by Crippen LogP contribution is -2.53. The third-order valence-corrected chi connectivity index (χ3v) is 3.30. The second-order valence-corrected chi connectivity index (χ2v) is 5.54. The van der Waals surface area contributed by atoms with Crippen LogP contribution in [0, 0.1) is 0 Å². The Kier molecular flexibility index (Phi) is 14.9. The van der Waals surface area contributed by atoms with Gasteiger partial charge in [-0.2, -0.15) is 0 Å². The Hall–Kier alpha value is -1.55. The molecule has 11 N–H and O–H groups in total. The molecule has 0 aromatic rings. The third-order valence-electron chi connectivity index (χ3n) is 3.30. The minimum atomic E-state index is -1.71. The summed E-state index contributed by atoms with van der Waals surface area (Å²) in [6.45, 7) is -0.328. The van der Waals surface area contributed by atoms with Crippen LogP contribution in [0.2, 0.25) is 0 Å². The number of aliphatic hydroxyl groups excluding tert-OH is 8. The van der Waals surface area contributed by atoms with Gasteiger partial charge >= 0.3 is 0 Å². The lowest BCUT2D eigenvalue weighted by atomic mass is 10.0. The molecule has 0 heterocycles. The van der Waals surface area contributed by atoms with Crippen LogP contribution in [-0.2, 0) is 14.4 Å². The van der Waals surface area contributed by atoms with Crippen molar-refractivity contribution in [3.63, 3.8) is 0 Å². The van der Waals surface area contributed by atoms with E-state index < -0.39 is 67.8 Å². The molecule has 0 rings (SSSR count). The predicted octanol–water partition coefficient (Wildman–Crippen LogP) is -6.65. The Morgan fingerprint density at radius 2 is 1.26 bits per heavy atom. The molecule has 1 amide bonds. The van der Waals surface area contributed by atoms with Gasteiger partial charge in [0.2, 0.25) is 5.91 Å². The fourth-order valence-corrected chi connectivity index (χ4v) is 1.63. The summed E-state index contributed by atoms with van der Waals surface area (Å²) in [5, 5.41) is 73.3. The number of carbonyl (C=O) groups excluding carboxylic acids is 3. The van der Waals surface area contributed by atoms with Crippen LogP contribution in [0.5, 0.6) is 0 Å². The van der Waals surface area contributed by atoms with Gasteiger partial charge in [-0.05, 0) is 0 Å². The highest BCUT2D eigenvalue weighted by Gasteiger charge is 2.31. The zero-order valence-electron chi connectivity index (χ0n) is 14.6. The van der Waals surface area contributed by atoms with Gasteiger partial charge in [-0.25, -0.2) is 0 Å². The first-order valence-electron chi connectivity index (χ1n) is 7.71. The summed E-state index contributed by atoms with van der Waals surface area (Å²) in [5.74, 6) is -0.558. The van der Waals surface area contributed by atoms with E-state index in [-0.39, 0.29) is 12.6 Å². The maximum absolute atomic E-state index is 10.6. The van der Waals surface area contributed by atoms with E-state index in [1.807, 2.05) is 0 Å². The van der Waals surface area contributed by atoms with Crippen LogP contribution < -0.4 is 11.1 Å². The molecule has 0 unspecified atom stereocenters. The maximum Gasteiger partial charge on any atom is 0.217 e. The monoisotopic (exact) mass is 400 g/mol. The van der Waals surface area contributed by atoms with Gasteiger partial charge in [0.15, 0.2) is 0 Å². The van der Waals surface area contributed by atoms with Crippen molar-refractivity contribution in [3.8, 4) is 0 Å². The Morgan fingerprint density at radius 3 is 1.56 bits per heavy atom. The quantitative estimate of drug-likeness (QED) is 0.145. The van der Waals surface area contributed by atoms with Crippen molar-refractivity contribution in [2.24, 2.45) is 5.73 Å². The highest BCUT2D eigenvalue weighted by Crippen LogP contribution is 2.04. The summed E-state index contributed by atoms with van der Waals surface area (Å²) in [6.07, 6.45) is -9.15. The van der Waals surface area contributed by atoms with Crippen molar-refractivity contribution in [2.45, 2.75) is 55.6 Å². The molecule has 0 aromatic carbocycles. The standard InChI is InChI=1S/C8H15NO6.C6H13NO5/c1-4(12)9-5(2-10)7(14)8(15)6(13)3-11;7-3(1-8)5(11)6(12)4(10)2-9/h2,5-8,11,13-15H,3H2,1H3,(H,9,12);1,3-6,9-12H,2,7H2/t5-,6-,7-,8-;3-,4+,5+,6+/m10/s1. The number of amides is 1. The van der Waals surface area contributed by atoms with Gasteiger partial charge in [0, 0.05) is 6.92 Å². The van der Waals surface area contributed by atoms with Crippen molar-refractivity contribution < 1.29 is 55.2 Å². The molecule has 27 heavy (non-hydrogen) atoms. The number of nitrogens with one attached hydrogen (secondary N) is 1. The maximum atomic E-state index is 10.6. The van der Waals surface area contributed by atoms with Gasteiger partial charge < -0.3 is 61.5 Å². The molecular weight excluding hydrogens is 372 g/mol. The second kappa shape index (κ2) is 14.5. The summed E-state index contributed by atoms with van der Waals surface area (Å²) < 4.78 is 0. The first kappa shape index (κ1) is 27.7. The third kappa shape index (κ3) is 10.4. The predicted molar refractivity (Wildman–Crippen MR) is 87.9 cm³/mol. The summed E-state index contributed by atoms with van der Waals surface area (Å²) in [6, 6.07) is -2.58. The normalized spacial score (nSPS) is 19.8. The molecule has 0 aliphatic carbocycles. The van der Waals surface area contributed by atoms with Crippen molar-refractivity contribution in [1.29, 1.82) is 0 Å². The van der Waals surface area contributed by atoms with E-state index >= 15 is 0 Å². The Bertz CT molecular complexity index is 439. The molecule has 13 heteroatoms. The van der Waals surface area contributed by atoms with Crippen LogP contribution in [0.3, 0.4) is 0 Å². The Morgan fingerprint density at radius 1 is 0.852 bits per heavy atom. The molecule has 0 aliphatic rings. The molecule has 13 nitrogen and oxygen atoms in total. The second-order valence-electron chi connectivity index (χ2n) is 5.54. The summed E-state index contributed by atoms with van der Waals surface area (Å²) in [5.41, 5.74) is 5.04. The molecule has 0 saturated carbocycles. The molecule has 0 bridgehead atoms. The highest BCUT2D eigenvalue weighted by atomic mass is 16.4. The summed E-state index contributed by atoms with van der Waals surface area (Å²) >= 11 is 0.